The van der Waals surface area contributed by atoms with E-state index in [0.29, 0.717) is 5.82 Å². The molecular weight excluding hydrogens is 306 g/mol. The van der Waals surface area contributed by atoms with Crippen LogP contribution in [-0.4, -0.2) is 15.0 Å². The van der Waals surface area contributed by atoms with E-state index in [4.69, 9.17) is 0 Å². The van der Waals surface area contributed by atoms with Gasteiger partial charge in [-0.2, -0.15) is 0 Å². The highest BCUT2D eigenvalue weighted by molar-refractivity contribution is 5.79. The third kappa shape index (κ3) is 3.24. The summed E-state index contributed by atoms with van der Waals surface area (Å²) in [6.45, 7) is 2.01. The minimum atomic E-state index is 0.612. The van der Waals surface area contributed by atoms with Gasteiger partial charge in [-0.05, 0) is 42.7 Å². The van der Waals surface area contributed by atoms with E-state index in [1.54, 1.807) is 0 Å². The fourth-order valence-electron chi connectivity index (χ4n) is 2.53. The van der Waals surface area contributed by atoms with Gasteiger partial charge < -0.3 is 0 Å². The lowest BCUT2D eigenvalue weighted by atomic mass is 10.1. The summed E-state index contributed by atoms with van der Waals surface area (Å²) in [5.74, 6) is 6.93. The van der Waals surface area contributed by atoms with Crippen molar-refractivity contribution in [2.75, 3.05) is 0 Å². The molecule has 25 heavy (non-hydrogen) atoms. The molecule has 4 rings (SSSR count). The molecule has 0 atom stereocenters. The predicted molar refractivity (Wildman–Crippen MR) is 99.9 cm³/mol. The molecule has 3 nitrogen and oxygen atoms in total. The maximum atomic E-state index is 4.67. The SMILES string of the molecule is Cc1ccc(-c2ncc3ccccc3n2)nc1C#Cc1ccccc1. The first kappa shape index (κ1) is 15.0. The molecule has 0 aliphatic heterocycles. The van der Waals surface area contributed by atoms with E-state index < -0.39 is 0 Å². The third-order valence-corrected chi connectivity index (χ3v) is 3.91. The van der Waals surface area contributed by atoms with Crippen molar-refractivity contribution in [1.29, 1.82) is 0 Å². The van der Waals surface area contributed by atoms with Gasteiger partial charge in [0.25, 0.3) is 0 Å². The zero-order valence-corrected chi connectivity index (χ0v) is 13.8. The van der Waals surface area contributed by atoms with Gasteiger partial charge in [-0.3, -0.25) is 0 Å². The van der Waals surface area contributed by atoms with Gasteiger partial charge >= 0.3 is 0 Å². The Balaban J connectivity index is 1.75. The molecule has 2 heterocycles. The third-order valence-electron chi connectivity index (χ3n) is 3.91. The van der Waals surface area contributed by atoms with Crippen LogP contribution in [0.2, 0.25) is 0 Å². The van der Waals surface area contributed by atoms with Gasteiger partial charge in [0, 0.05) is 17.1 Å². The highest BCUT2D eigenvalue weighted by atomic mass is 14.9. The zero-order valence-electron chi connectivity index (χ0n) is 13.8. The molecule has 0 fully saturated rings. The average molecular weight is 321 g/mol. The van der Waals surface area contributed by atoms with Crippen LogP contribution in [-0.2, 0) is 0 Å². The van der Waals surface area contributed by atoms with E-state index in [9.17, 15) is 0 Å². The lowest BCUT2D eigenvalue weighted by Crippen LogP contribution is -1.96. The summed E-state index contributed by atoms with van der Waals surface area (Å²) in [5, 5.41) is 1.02. The molecular formula is C22H15N3. The van der Waals surface area contributed by atoms with Crippen LogP contribution in [0.25, 0.3) is 22.4 Å². The van der Waals surface area contributed by atoms with Gasteiger partial charge in [0.1, 0.15) is 11.4 Å². The molecule has 0 N–H and O–H groups in total. The van der Waals surface area contributed by atoms with Crippen molar-refractivity contribution in [2.45, 2.75) is 6.92 Å². The van der Waals surface area contributed by atoms with Crippen molar-refractivity contribution in [2.24, 2.45) is 0 Å². The molecule has 0 aliphatic rings. The Hall–Kier alpha value is -3.51. The summed E-state index contributed by atoms with van der Waals surface area (Å²) in [6, 6.07) is 21.8. The molecule has 0 amide bonds. The fourth-order valence-corrected chi connectivity index (χ4v) is 2.53. The highest BCUT2D eigenvalue weighted by Crippen LogP contribution is 2.18. The molecule has 0 bridgehead atoms. The van der Waals surface area contributed by atoms with Crippen LogP contribution in [0.1, 0.15) is 16.8 Å². The molecule has 0 unspecified atom stereocenters. The summed E-state index contributed by atoms with van der Waals surface area (Å²) < 4.78 is 0. The van der Waals surface area contributed by atoms with E-state index in [-0.39, 0.29) is 0 Å². The van der Waals surface area contributed by atoms with E-state index in [1.807, 2.05) is 79.9 Å². The minimum absolute atomic E-state index is 0.612. The standard InChI is InChI=1S/C22H15N3/c1-16-11-13-21(22-23-15-18-9-5-6-10-20(18)25-22)24-19(16)14-12-17-7-3-2-4-8-17/h2-11,13,15H,1H3. The van der Waals surface area contributed by atoms with Crippen LogP contribution in [0.3, 0.4) is 0 Å². The molecule has 118 valence electrons. The average Bonchev–Trinajstić information content (AvgIpc) is 2.68. The van der Waals surface area contributed by atoms with E-state index in [1.165, 1.54) is 0 Å². The number of aryl methyl sites for hydroxylation is 1. The number of hydrogen-bond acceptors (Lipinski definition) is 3. The van der Waals surface area contributed by atoms with E-state index in [0.717, 1.165) is 33.4 Å². The minimum Gasteiger partial charge on any atom is -0.236 e. The molecule has 2 aromatic heterocycles. The van der Waals surface area contributed by atoms with Gasteiger partial charge in [-0.25, -0.2) is 15.0 Å². The lowest BCUT2D eigenvalue weighted by Gasteiger charge is -2.04. The number of nitrogens with zero attached hydrogens (tertiary/aromatic N) is 3. The van der Waals surface area contributed by atoms with Gasteiger partial charge in [0.2, 0.25) is 0 Å². The second-order valence-electron chi connectivity index (χ2n) is 5.73. The summed E-state index contributed by atoms with van der Waals surface area (Å²) in [7, 11) is 0. The van der Waals surface area contributed by atoms with E-state index in [2.05, 4.69) is 26.8 Å². The number of pyridine rings is 1. The first-order valence-corrected chi connectivity index (χ1v) is 8.06. The number of hydrogen-bond donors (Lipinski definition) is 0. The van der Waals surface area contributed by atoms with Gasteiger partial charge in [-0.15, -0.1) is 0 Å². The molecule has 0 spiro atoms. The number of benzene rings is 2. The van der Waals surface area contributed by atoms with Crippen molar-refractivity contribution < 1.29 is 0 Å². The Morgan fingerprint density at radius 2 is 1.56 bits per heavy atom. The summed E-state index contributed by atoms with van der Waals surface area (Å²) in [4.78, 5) is 13.7. The van der Waals surface area contributed by atoms with Crippen LogP contribution in [0, 0.1) is 18.8 Å². The van der Waals surface area contributed by atoms with Gasteiger partial charge in [0.05, 0.1) is 5.52 Å². The predicted octanol–water partition coefficient (Wildman–Crippen LogP) is 4.40. The van der Waals surface area contributed by atoms with Crippen LogP contribution in [0.4, 0.5) is 0 Å². The maximum Gasteiger partial charge on any atom is 0.178 e. The van der Waals surface area contributed by atoms with Crippen LogP contribution in [0.15, 0.2) is 72.9 Å². The summed E-state index contributed by atoms with van der Waals surface area (Å²) in [5.41, 5.74) is 4.39. The van der Waals surface area contributed by atoms with Crippen molar-refractivity contribution in [3.8, 4) is 23.4 Å². The quantitative estimate of drug-likeness (QED) is 0.488. The summed E-state index contributed by atoms with van der Waals surface area (Å²) >= 11 is 0. The number of rotatable bonds is 1. The number of aromatic nitrogens is 3. The Labute approximate surface area is 146 Å². The molecule has 0 aliphatic carbocycles. The molecule has 0 radical (unpaired) electrons. The molecule has 0 saturated carbocycles. The first-order chi connectivity index (χ1) is 12.3. The molecule has 3 heteroatoms. The second kappa shape index (κ2) is 6.54. The van der Waals surface area contributed by atoms with Crippen molar-refractivity contribution in [3.05, 3.63) is 89.7 Å². The normalized spacial score (nSPS) is 10.3. The largest absolute Gasteiger partial charge is 0.236 e. The Bertz CT molecular complexity index is 1110. The van der Waals surface area contributed by atoms with E-state index >= 15 is 0 Å². The van der Waals surface area contributed by atoms with Crippen LogP contribution >= 0.6 is 0 Å². The Morgan fingerprint density at radius 1 is 0.760 bits per heavy atom. The highest BCUT2D eigenvalue weighted by Gasteiger charge is 2.07. The van der Waals surface area contributed by atoms with Crippen LogP contribution in [0.5, 0.6) is 0 Å². The second-order valence-corrected chi connectivity index (χ2v) is 5.73. The number of para-hydroxylation sites is 1. The molecule has 4 aromatic rings. The fraction of sp³-hybridized carbons (Fsp3) is 0.0455. The van der Waals surface area contributed by atoms with Gasteiger partial charge in [-0.1, -0.05) is 48.4 Å². The monoisotopic (exact) mass is 321 g/mol. The Kier molecular flexibility index (Phi) is 3.94. The first-order valence-electron chi connectivity index (χ1n) is 8.06. The van der Waals surface area contributed by atoms with Gasteiger partial charge in [0.15, 0.2) is 5.82 Å². The molecule has 2 aromatic carbocycles. The summed E-state index contributed by atoms with van der Waals surface area (Å²) in [6.07, 6.45) is 1.83. The number of fused-ring (bicyclic) bond motifs is 1. The zero-order chi connectivity index (χ0) is 17.1. The van der Waals surface area contributed by atoms with Crippen molar-refractivity contribution >= 4 is 10.9 Å². The Morgan fingerprint density at radius 3 is 2.44 bits per heavy atom. The smallest absolute Gasteiger partial charge is 0.178 e. The molecule has 0 saturated heterocycles. The lowest BCUT2D eigenvalue weighted by molar-refractivity contribution is 1.15. The topological polar surface area (TPSA) is 38.7 Å². The maximum absolute atomic E-state index is 4.67. The van der Waals surface area contributed by atoms with Crippen molar-refractivity contribution in [3.63, 3.8) is 0 Å². The van der Waals surface area contributed by atoms with Crippen LogP contribution < -0.4 is 0 Å². The van der Waals surface area contributed by atoms with Crippen molar-refractivity contribution in [1.82, 2.24) is 15.0 Å².